The Kier molecular flexibility index (Phi) is 3.87. The third-order valence-corrected chi connectivity index (χ3v) is 2.52. The topological polar surface area (TPSA) is 35.2 Å². The lowest BCUT2D eigenvalue weighted by Gasteiger charge is -2.19. The van der Waals surface area contributed by atoms with Crippen LogP contribution in [0.1, 0.15) is 32.6 Å². The van der Waals surface area contributed by atoms with Crippen molar-refractivity contribution in [3.63, 3.8) is 0 Å². The minimum Gasteiger partial charge on any atom is -0.381 e. The molecular weight excluding hydrogens is 138 g/mol. The molecule has 0 aliphatic carbocycles. The second-order valence-corrected chi connectivity index (χ2v) is 3.40. The quantitative estimate of drug-likeness (QED) is 0.660. The second kappa shape index (κ2) is 4.73. The van der Waals surface area contributed by atoms with Gasteiger partial charge in [0, 0.05) is 12.6 Å². The summed E-state index contributed by atoms with van der Waals surface area (Å²) in [6.45, 7) is 3.97. The van der Waals surface area contributed by atoms with E-state index in [9.17, 15) is 0 Å². The molecule has 1 heterocycles. The third-order valence-electron chi connectivity index (χ3n) is 2.52. The monoisotopic (exact) mass is 157 g/mol. The number of nitrogens with two attached hydrogens (primary N) is 1. The Morgan fingerprint density at radius 2 is 2.36 bits per heavy atom. The molecule has 2 N–H and O–H groups in total. The zero-order chi connectivity index (χ0) is 8.10. The van der Waals surface area contributed by atoms with Crippen molar-refractivity contribution in [3.05, 3.63) is 0 Å². The fraction of sp³-hybridized carbons (Fsp3) is 1.00. The van der Waals surface area contributed by atoms with Gasteiger partial charge in [-0.05, 0) is 25.2 Å². The van der Waals surface area contributed by atoms with Gasteiger partial charge in [0.2, 0.25) is 0 Å². The average Bonchev–Trinajstić information content (AvgIpc) is 2.30. The largest absolute Gasteiger partial charge is 0.381 e. The zero-order valence-corrected chi connectivity index (χ0v) is 7.38. The van der Waals surface area contributed by atoms with Gasteiger partial charge in [-0.25, -0.2) is 0 Å². The molecule has 0 aromatic heterocycles. The Bertz CT molecular complexity index is 97.7. The summed E-state index contributed by atoms with van der Waals surface area (Å²) in [5.74, 6) is 0.613. The summed E-state index contributed by atoms with van der Waals surface area (Å²) in [7, 11) is 0. The Morgan fingerprint density at radius 1 is 1.55 bits per heavy atom. The molecule has 66 valence electrons. The lowest BCUT2D eigenvalue weighted by molar-refractivity contribution is 0.106. The average molecular weight is 157 g/mol. The number of hydrogen-bond donors (Lipinski definition) is 1. The summed E-state index contributed by atoms with van der Waals surface area (Å²) in [5.41, 5.74) is 5.94. The summed E-state index contributed by atoms with van der Waals surface area (Å²) in [4.78, 5) is 0. The molecule has 1 aliphatic rings. The van der Waals surface area contributed by atoms with Crippen LogP contribution in [0.4, 0.5) is 0 Å². The van der Waals surface area contributed by atoms with Crippen molar-refractivity contribution in [1.29, 1.82) is 0 Å². The normalized spacial score (nSPS) is 29.5. The minimum absolute atomic E-state index is 0.355. The van der Waals surface area contributed by atoms with E-state index >= 15 is 0 Å². The summed E-state index contributed by atoms with van der Waals surface area (Å²) >= 11 is 0. The van der Waals surface area contributed by atoms with Crippen molar-refractivity contribution in [2.75, 3.05) is 13.2 Å². The molecule has 2 unspecified atom stereocenters. The summed E-state index contributed by atoms with van der Waals surface area (Å²) in [6.07, 6.45) is 4.84. The van der Waals surface area contributed by atoms with E-state index in [0.717, 1.165) is 19.6 Å². The van der Waals surface area contributed by atoms with Crippen LogP contribution < -0.4 is 5.73 Å². The highest BCUT2D eigenvalue weighted by atomic mass is 16.5. The van der Waals surface area contributed by atoms with Crippen LogP contribution in [0.2, 0.25) is 0 Å². The molecule has 11 heavy (non-hydrogen) atoms. The molecule has 2 atom stereocenters. The molecule has 1 saturated heterocycles. The van der Waals surface area contributed by atoms with Crippen molar-refractivity contribution >= 4 is 0 Å². The van der Waals surface area contributed by atoms with Gasteiger partial charge in [0.05, 0.1) is 6.61 Å². The van der Waals surface area contributed by atoms with E-state index in [1.807, 2.05) is 0 Å². The summed E-state index contributed by atoms with van der Waals surface area (Å²) in [5, 5.41) is 0. The molecule has 1 aliphatic heterocycles. The lowest BCUT2D eigenvalue weighted by atomic mass is 9.94. The van der Waals surface area contributed by atoms with E-state index in [-0.39, 0.29) is 0 Å². The van der Waals surface area contributed by atoms with Crippen LogP contribution in [0.5, 0.6) is 0 Å². The molecule has 0 saturated carbocycles. The van der Waals surface area contributed by atoms with Crippen LogP contribution in [-0.4, -0.2) is 19.3 Å². The van der Waals surface area contributed by atoms with E-state index < -0.39 is 0 Å². The maximum atomic E-state index is 5.94. The van der Waals surface area contributed by atoms with Gasteiger partial charge >= 0.3 is 0 Å². The highest BCUT2D eigenvalue weighted by Crippen LogP contribution is 2.17. The van der Waals surface area contributed by atoms with E-state index in [2.05, 4.69) is 6.92 Å². The van der Waals surface area contributed by atoms with Crippen molar-refractivity contribution in [1.82, 2.24) is 0 Å². The van der Waals surface area contributed by atoms with Gasteiger partial charge in [0.15, 0.2) is 0 Å². The van der Waals surface area contributed by atoms with Gasteiger partial charge in [-0.15, -0.1) is 0 Å². The van der Waals surface area contributed by atoms with Gasteiger partial charge in [-0.1, -0.05) is 13.3 Å². The van der Waals surface area contributed by atoms with Crippen LogP contribution >= 0.6 is 0 Å². The molecular formula is C9H19NO. The highest BCUT2D eigenvalue weighted by Gasteiger charge is 2.17. The van der Waals surface area contributed by atoms with Crippen molar-refractivity contribution < 1.29 is 4.74 Å². The van der Waals surface area contributed by atoms with Gasteiger partial charge in [0.1, 0.15) is 0 Å². The maximum absolute atomic E-state index is 5.94. The Labute approximate surface area is 69.1 Å². The minimum atomic E-state index is 0.355. The van der Waals surface area contributed by atoms with Crippen molar-refractivity contribution in [2.45, 2.75) is 38.6 Å². The number of ether oxygens (including phenoxy) is 1. The SMILES string of the molecule is CCC(N)C1CCCCOC1. The first kappa shape index (κ1) is 9.01. The molecule has 0 amide bonds. The molecule has 0 aromatic rings. The smallest absolute Gasteiger partial charge is 0.0509 e. The molecule has 0 bridgehead atoms. The first-order chi connectivity index (χ1) is 5.34. The number of rotatable bonds is 2. The molecule has 0 spiro atoms. The number of hydrogen-bond acceptors (Lipinski definition) is 2. The Hall–Kier alpha value is -0.0800. The fourth-order valence-corrected chi connectivity index (χ4v) is 1.60. The van der Waals surface area contributed by atoms with Crippen LogP contribution in [0.3, 0.4) is 0 Å². The predicted molar refractivity (Wildman–Crippen MR) is 46.4 cm³/mol. The molecule has 2 heteroatoms. The van der Waals surface area contributed by atoms with E-state index in [0.29, 0.717) is 12.0 Å². The molecule has 1 rings (SSSR count). The van der Waals surface area contributed by atoms with Gasteiger partial charge in [-0.2, -0.15) is 0 Å². The fourth-order valence-electron chi connectivity index (χ4n) is 1.60. The first-order valence-corrected chi connectivity index (χ1v) is 4.68. The Balaban J connectivity index is 2.30. The molecule has 1 fully saturated rings. The third kappa shape index (κ3) is 2.80. The highest BCUT2D eigenvalue weighted by molar-refractivity contribution is 4.72. The Morgan fingerprint density at radius 3 is 3.09 bits per heavy atom. The van der Waals surface area contributed by atoms with Gasteiger partial charge in [0.25, 0.3) is 0 Å². The van der Waals surface area contributed by atoms with E-state index in [1.165, 1.54) is 19.3 Å². The summed E-state index contributed by atoms with van der Waals surface area (Å²) in [6, 6.07) is 0.355. The predicted octanol–water partition coefficient (Wildman–Crippen LogP) is 1.54. The first-order valence-electron chi connectivity index (χ1n) is 4.68. The second-order valence-electron chi connectivity index (χ2n) is 3.40. The van der Waals surface area contributed by atoms with Crippen molar-refractivity contribution in [2.24, 2.45) is 11.7 Å². The van der Waals surface area contributed by atoms with Crippen LogP contribution in [0.15, 0.2) is 0 Å². The van der Waals surface area contributed by atoms with Crippen LogP contribution in [0.25, 0.3) is 0 Å². The lowest BCUT2D eigenvalue weighted by Crippen LogP contribution is -2.31. The van der Waals surface area contributed by atoms with Crippen LogP contribution in [-0.2, 0) is 4.74 Å². The standard InChI is InChI=1S/C9H19NO/c1-2-9(10)8-5-3-4-6-11-7-8/h8-9H,2-7,10H2,1H3. The van der Waals surface area contributed by atoms with E-state index in [4.69, 9.17) is 10.5 Å². The molecule has 0 radical (unpaired) electrons. The maximum Gasteiger partial charge on any atom is 0.0509 e. The van der Waals surface area contributed by atoms with Crippen LogP contribution in [0, 0.1) is 5.92 Å². The van der Waals surface area contributed by atoms with Gasteiger partial charge in [-0.3, -0.25) is 0 Å². The van der Waals surface area contributed by atoms with Gasteiger partial charge < -0.3 is 10.5 Å². The van der Waals surface area contributed by atoms with Crippen molar-refractivity contribution in [3.8, 4) is 0 Å². The molecule has 0 aromatic carbocycles. The zero-order valence-electron chi connectivity index (χ0n) is 7.38. The summed E-state index contributed by atoms with van der Waals surface area (Å²) < 4.78 is 5.45. The molecule has 2 nitrogen and oxygen atoms in total. The van der Waals surface area contributed by atoms with E-state index in [1.54, 1.807) is 0 Å².